The minimum atomic E-state index is -0.0814. The molecule has 0 atom stereocenters. The van der Waals surface area contributed by atoms with E-state index in [0.717, 1.165) is 16.3 Å². The minimum Gasteiger partial charge on any atom is -0.335 e. The second-order valence-corrected chi connectivity index (χ2v) is 8.48. The Labute approximate surface area is 173 Å². The van der Waals surface area contributed by atoms with Crippen molar-refractivity contribution in [1.29, 1.82) is 0 Å². The van der Waals surface area contributed by atoms with Crippen LogP contribution in [0, 0.1) is 0 Å². The predicted molar refractivity (Wildman–Crippen MR) is 114 cm³/mol. The lowest BCUT2D eigenvalue weighted by molar-refractivity contribution is -0.115. The third-order valence-corrected chi connectivity index (χ3v) is 6.53. The zero-order valence-corrected chi connectivity index (χ0v) is 17.3. The van der Waals surface area contributed by atoms with Crippen molar-refractivity contribution in [2.45, 2.75) is 17.8 Å². The molecular formula is C18H16N6OS3. The van der Waals surface area contributed by atoms with Gasteiger partial charge in [-0.1, -0.05) is 36.0 Å². The highest BCUT2D eigenvalue weighted by atomic mass is 32.2. The Hall–Kier alpha value is -2.69. The zero-order valence-electron chi connectivity index (χ0n) is 14.8. The van der Waals surface area contributed by atoms with Crippen LogP contribution < -0.4 is 10.7 Å². The number of nitrogens with two attached hydrogens (primary N) is 1. The van der Waals surface area contributed by atoms with E-state index in [-0.39, 0.29) is 5.91 Å². The van der Waals surface area contributed by atoms with Crippen LogP contribution in [-0.2, 0) is 10.5 Å². The van der Waals surface area contributed by atoms with Crippen molar-refractivity contribution >= 4 is 51.2 Å². The van der Waals surface area contributed by atoms with Crippen molar-refractivity contribution in [3.63, 3.8) is 0 Å². The van der Waals surface area contributed by atoms with E-state index < -0.39 is 0 Å². The van der Waals surface area contributed by atoms with E-state index in [1.165, 1.54) is 34.7 Å². The van der Waals surface area contributed by atoms with Crippen LogP contribution in [-0.4, -0.2) is 25.8 Å². The highest BCUT2D eigenvalue weighted by Crippen LogP contribution is 2.31. The van der Waals surface area contributed by atoms with Gasteiger partial charge in [0, 0.05) is 18.1 Å². The number of rotatable bonds is 6. The number of anilines is 2. The number of thiazole rings is 1. The summed E-state index contributed by atoms with van der Waals surface area (Å²) in [5, 5.41) is 13.5. The van der Waals surface area contributed by atoms with Gasteiger partial charge in [0.1, 0.15) is 0 Å². The lowest BCUT2D eigenvalue weighted by Gasteiger charge is -2.17. The first-order valence-electron chi connectivity index (χ1n) is 8.31. The van der Waals surface area contributed by atoms with Gasteiger partial charge in [0.25, 0.3) is 0 Å². The Morgan fingerprint density at radius 2 is 2.00 bits per heavy atom. The average Bonchev–Trinajstić information content (AvgIpc) is 3.43. The summed E-state index contributed by atoms with van der Waals surface area (Å²) in [5.74, 6) is 7.28. The maximum atomic E-state index is 12.1. The lowest BCUT2D eigenvalue weighted by Crippen LogP contribution is -2.22. The van der Waals surface area contributed by atoms with Gasteiger partial charge in [-0.15, -0.1) is 32.9 Å². The number of amides is 1. The highest BCUT2D eigenvalue weighted by molar-refractivity contribution is 7.98. The first-order valence-corrected chi connectivity index (χ1v) is 11.1. The molecule has 4 rings (SSSR count). The van der Waals surface area contributed by atoms with E-state index >= 15 is 0 Å². The third kappa shape index (κ3) is 3.79. The van der Waals surface area contributed by atoms with Crippen LogP contribution in [0.2, 0.25) is 0 Å². The molecule has 0 fully saturated rings. The van der Waals surface area contributed by atoms with E-state index in [1.54, 1.807) is 16.2 Å². The second-order valence-electron chi connectivity index (χ2n) is 5.75. The SMILES string of the molecule is CC(=O)N(c1ccccc1)c1nc(CSc2nnc(-c3cccs3)n2N)cs1. The summed E-state index contributed by atoms with van der Waals surface area (Å²) in [4.78, 5) is 19.3. The molecule has 2 N–H and O–H groups in total. The maximum absolute atomic E-state index is 12.1. The Balaban J connectivity index is 1.49. The Morgan fingerprint density at radius 3 is 2.71 bits per heavy atom. The molecular weight excluding hydrogens is 412 g/mol. The van der Waals surface area contributed by atoms with Gasteiger partial charge in [-0.05, 0) is 23.6 Å². The summed E-state index contributed by atoms with van der Waals surface area (Å²) in [6.07, 6.45) is 0. The molecule has 1 aromatic carbocycles. The van der Waals surface area contributed by atoms with Gasteiger partial charge in [0.15, 0.2) is 11.0 Å². The largest absolute Gasteiger partial charge is 0.335 e. The molecule has 0 unspecified atom stereocenters. The predicted octanol–water partition coefficient (Wildman–Crippen LogP) is 4.15. The number of nitrogen functional groups attached to an aromatic ring is 1. The van der Waals surface area contributed by atoms with Gasteiger partial charge in [-0.2, -0.15) is 0 Å². The number of hydrogen-bond donors (Lipinski definition) is 1. The molecule has 0 aliphatic heterocycles. The summed E-state index contributed by atoms with van der Waals surface area (Å²) < 4.78 is 1.50. The van der Waals surface area contributed by atoms with E-state index in [1.807, 2.05) is 53.2 Å². The molecule has 0 bridgehead atoms. The number of nitrogens with zero attached hydrogens (tertiary/aromatic N) is 5. The third-order valence-electron chi connectivity index (χ3n) is 3.82. The zero-order chi connectivity index (χ0) is 19.5. The topological polar surface area (TPSA) is 89.9 Å². The van der Waals surface area contributed by atoms with Crippen molar-refractivity contribution in [2.75, 3.05) is 10.7 Å². The first-order chi connectivity index (χ1) is 13.6. The molecule has 0 aliphatic rings. The number of benzene rings is 1. The normalized spacial score (nSPS) is 10.9. The molecule has 7 nitrogen and oxygen atoms in total. The molecule has 0 aliphatic carbocycles. The number of para-hydroxylation sites is 1. The Bertz CT molecular complexity index is 1070. The van der Waals surface area contributed by atoms with E-state index in [2.05, 4.69) is 15.2 Å². The summed E-state index contributed by atoms with van der Waals surface area (Å²) in [6, 6.07) is 13.4. The van der Waals surface area contributed by atoms with E-state index in [9.17, 15) is 4.79 Å². The molecule has 3 heterocycles. The monoisotopic (exact) mass is 428 g/mol. The fourth-order valence-corrected chi connectivity index (χ4v) is 5.00. The number of carbonyl (C=O) groups is 1. The molecule has 142 valence electrons. The van der Waals surface area contributed by atoms with Crippen LogP contribution in [0.25, 0.3) is 10.7 Å². The smallest absolute Gasteiger partial charge is 0.230 e. The van der Waals surface area contributed by atoms with Crippen LogP contribution in [0.3, 0.4) is 0 Å². The molecule has 1 amide bonds. The fourth-order valence-electron chi connectivity index (χ4n) is 2.56. The van der Waals surface area contributed by atoms with Gasteiger partial charge in [0.05, 0.1) is 16.3 Å². The van der Waals surface area contributed by atoms with Gasteiger partial charge < -0.3 is 5.84 Å². The van der Waals surface area contributed by atoms with Crippen molar-refractivity contribution < 1.29 is 4.79 Å². The standard InChI is InChI=1S/C18H16N6OS3/c1-12(25)23(14-6-3-2-4-7-14)17-20-13(10-27-17)11-28-18-22-21-16(24(18)19)15-8-5-9-26-15/h2-10H,11,19H2,1H3. The van der Waals surface area contributed by atoms with Crippen LogP contribution in [0.5, 0.6) is 0 Å². The summed E-state index contributed by atoms with van der Waals surface area (Å²) >= 11 is 4.45. The van der Waals surface area contributed by atoms with Gasteiger partial charge >= 0.3 is 0 Å². The molecule has 3 aromatic heterocycles. The molecule has 4 aromatic rings. The second kappa shape index (κ2) is 8.13. The highest BCUT2D eigenvalue weighted by Gasteiger charge is 2.18. The quantitative estimate of drug-likeness (QED) is 0.366. The number of thioether (sulfide) groups is 1. The number of hydrogen-bond acceptors (Lipinski definition) is 8. The number of carbonyl (C=O) groups excluding carboxylic acids is 1. The van der Waals surface area contributed by atoms with Crippen molar-refractivity contribution in [1.82, 2.24) is 19.9 Å². The van der Waals surface area contributed by atoms with Crippen LogP contribution >= 0.6 is 34.4 Å². The minimum absolute atomic E-state index is 0.0814. The molecule has 28 heavy (non-hydrogen) atoms. The van der Waals surface area contributed by atoms with Crippen molar-refractivity contribution in [2.24, 2.45) is 0 Å². The number of thiophene rings is 1. The van der Waals surface area contributed by atoms with Crippen LogP contribution in [0.1, 0.15) is 12.6 Å². The number of aromatic nitrogens is 4. The van der Waals surface area contributed by atoms with Crippen molar-refractivity contribution in [3.05, 3.63) is 58.9 Å². The summed E-state index contributed by atoms with van der Waals surface area (Å²) in [7, 11) is 0. The van der Waals surface area contributed by atoms with Gasteiger partial charge in [-0.3, -0.25) is 9.69 Å². The maximum Gasteiger partial charge on any atom is 0.230 e. The van der Waals surface area contributed by atoms with E-state index in [0.29, 0.717) is 21.9 Å². The molecule has 0 spiro atoms. The molecule has 0 saturated carbocycles. The Kier molecular flexibility index (Phi) is 5.42. The molecule has 10 heteroatoms. The van der Waals surface area contributed by atoms with Crippen LogP contribution in [0.4, 0.5) is 10.8 Å². The van der Waals surface area contributed by atoms with Gasteiger partial charge in [-0.25, -0.2) is 9.66 Å². The first kappa shape index (κ1) is 18.7. The lowest BCUT2D eigenvalue weighted by atomic mass is 10.3. The van der Waals surface area contributed by atoms with E-state index in [4.69, 9.17) is 5.84 Å². The van der Waals surface area contributed by atoms with Gasteiger partial charge in [0.2, 0.25) is 11.1 Å². The fraction of sp³-hybridized carbons (Fsp3) is 0.111. The summed E-state index contributed by atoms with van der Waals surface area (Å²) in [5.41, 5.74) is 1.65. The molecule has 0 saturated heterocycles. The van der Waals surface area contributed by atoms with Crippen molar-refractivity contribution in [3.8, 4) is 10.7 Å². The summed E-state index contributed by atoms with van der Waals surface area (Å²) in [6.45, 7) is 1.53. The average molecular weight is 429 g/mol. The van der Waals surface area contributed by atoms with Crippen LogP contribution in [0.15, 0.2) is 58.4 Å². The molecule has 0 radical (unpaired) electrons. The Morgan fingerprint density at radius 1 is 1.18 bits per heavy atom.